The van der Waals surface area contributed by atoms with Crippen LogP contribution in [0.1, 0.15) is 16.9 Å². The SMILES string of the molecule is C=CCN(Cc1ccc(Cl)s1)C(=O)CCc1ccc2c(c1)OCCO2. The minimum absolute atomic E-state index is 0.0966. The largest absolute Gasteiger partial charge is 0.486 e. The van der Waals surface area contributed by atoms with E-state index in [1.165, 1.54) is 11.3 Å². The highest BCUT2D eigenvalue weighted by molar-refractivity contribution is 7.16. The van der Waals surface area contributed by atoms with Gasteiger partial charge in [-0.15, -0.1) is 17.9 Å². The zero-order valence-corrected chi connectivity index (χ0v) is 15.4. The first-order valence-corrected chi connectivity index (χ1v) is 9.36. The molecule has 0 N–H and O–H groups in total. The number of carbonyl (C=O) groups excluding carboxylic acids is 1. The van der Waals surface area contributed by atoms with E-state index in [1.807, 2.05) is 30.3 Å². The second-order valence-electron chi connectivity index (χ2n) is 5.75. The number of fused-ring (bicyclic) bond motifs is 1. The van der Waals surface area contributed by atoms with Gasteiger partial charge in [0.1, 0.15) is 13.2 Å². The summed E-state index contributed by atoms with van der Waals surface area (Å²) >= 11 is 7.47. The molecule has 0 bridgehead atoms. The first-order valence-electron chi connectivity index (χ1n) is 8.17. The summed E-state index contributed by atoms with van der Waals surface area (Å²) in [6, 6.07) is 9.66. The van der Waals surface area contributed by atoms with Gasteiger partial charge in [-0.3, -0.25) is 4.79 Å². The normalized spacial score (nSPS) is 12.7. The highest BCUT2D eigenvalue weighted by Crippen LogP contribution is 2.31. The Morgan fingerprint density at radius 3 is 2.76 bits per heavy atom. The van der Waals surface area contributed by atoms with Crippen LogP contribution in [0.4, 0.5) is 0 Å². The second-order valence-corrected chi connectivity index (χ2v) is 7.55. The lowest BCUT2D eigenvalue weighted by Gasteiger charge is -2.21. The minimum atomic E-state index is 0.0966. The van der Waals surface area contributed by atoms with Crippen LogP contribution in [-0.2, 0) is 17.8 Å². The number of amides is 1. The highest BCUT2D eigenvalue weighted by Gasteiger charge is 2.16. The quantitative estimate of drug-likeness (QED) is 0.674. The molecule has 1 aliphatic rings. The summed E-state index contributed by atoms with van der Waals surface area (Å²) in [4.78, 5) is 15.5. The molecule has 2 heterocycles. The minimum Gasteiger partial charge on any atom is -0.486 e. The molecule has 0 unspecified atom stereocenters. The van der Waals surface area contributed by atoms with Crippen LogP contribution in [0.15, 0.2) is 43.0 Å². The third kappa shape index (κ3) is 4.77. The Balaban J connectivity index is 1.60. The van der Waals surface area contributed by atoms with Gasteiger partial charge in [-0.25, -0.2) is 0 Å². The Labute approximate surface area is 156 Å². The van der Waals surface area contributed by atoms with Gasteiger partial charge in [-0.1, -0.05) is 23.7 Å². The molecular formula is C19H20ClNO3S. The number of hydrogen-bond donors (Lipinski definition) is 0. The van der Waals surface area contributed by atoms with Crippen LogP contribution in [0.3, 0.4) is 0 Å². The summed E-state index contributed by atoms with van der Waals surface area (Å²) in [5, 5.41) is 0. The predicted octanol–water partition coefficient (Wildman–Crippen LogP) is 4.32. The van der Waals surface area contributed by atoms with Crippen LogP contribution >= 0.6 is 22.9 Å². The number of nitrogens with zero attached hydrogens (tertiary/aromatic N) is 1. The lowest BCUT2D eigenvalue weighted by atomic mass is 10.1. The third-order valence-electron chi connectivity index (χ3n) is 3.91. The van der Waals surface area contributed by atoms with E-state index in [0.717, 1.165) is 26.3 Å². The zero-order valence-electron chi connectivity index (χ0n) is 13.9. The average Bonchev–Trinajstić information content (AvgIpc) is 3.04. The van der Waals surface area contributed by atoms with E-state index in [2.05, 4.69) is 6.58 Å². The van der Waals surface area contributed by atoms with Gasteiger partial charge in [0.15, 0.2) is 11.5 Å². The van der Waals surface area contributed by atoms with Gasteiger partial charge in [0.05, 0.1) is 10.9 Å². The summed E-state index contributed by atoms with van der Waals surface area (Å²) < 4.78 is 11.8. The number of thiophene rings is 1. The molecular weight excluding hydrogens is 358 g/mol. The van der Waals surface area contributed by atoms with Crippen LogP contribution in [0.5, 0.6) is 11.5 Å². The highest BCUT2D eigenvalue weighted by atomic mass is 35.5. The van der Waals surface area contributed by atoms with E-state index in [1.54, 1.807) is 11.0 Å². The van der Waals surface area contributed by atoms with E-state index >= 15 is 0 Å². The average molecular weight is 378 g/mol. The van der Waals surface area contributed by atoms with Crippen molar-refractivity contribution in [2.45, 2.75) is 19.4 Å². The number of rotatable bonds is 7. The van der Waals surface area contributed by atoms with Gasteiger partial charge in [0.2, 0.25) is 5.91 Å². The molecule has 0 saturated heterocycles. The van der Waals surface area contributed by atoms with Crippen molar-refractivity contribution in [3.8, 4) is 11.5 Å². The molecule has 0 atom stereocenters. The molecule has 25 heavy (non-hydrogen) atoms. The first-order chi connectivity index (χ1) is 12.2. The molecule has 6 heteroatoms. The van der Waals surface area contributed by atoms with Gasteiger partial charge >= 0.3 is 0 Å². The van der Waals surface area contributed by atoms with Crippen LogP contribution in [-0.4, -0.2) is 30.6 Å². The fourth-order valence-electron chi connectivity index (χ4n) is 2.69. The predicted molar refractivity (Wildman–Crippen MR) is 101 cm³/mol. The monoisotopic (exact) mass is 377 g/mol. The third-order valence-corrected chi connectivity index (χ3v) is 5.13. The molecule has 0 fully saturated rings. The number of benzene rings is 1. The molecule has 1 amide bonds. The fourth-order valence-corrected chi connectivity index (χ4v) is 3.79. The summed E-state index contributed by atoms with van der Waals surface area (Å²) in [7, 11) is 0. The molecule has 2 aromatic rings. The summed E-state index contributed by atoms with van der Waals surface area (Å²) in [5.74, 6) is 1.62. The number of halogens is 1. The number of aryl methyl sites for hydroxylation is 1. The lowest BCUT2D eigenvalue weighted by Crippen LogP contribution is -2.30. The van der Waals surface area contributed by atoms with Gasteiger partial charge in [-0.05, 0) is 36.2 Å². The first kappa shape index (κ1) is 17.8. The fraction of sp³-hybridized carbons (Fsp3) is 0.316. The number of carbonyl (C=O) groups is 1. The van der Waals surface area contributed by atoms with E-state index < -0.39 is 0 Å². The maximum atomic E-state index is 12.6. The topological polar surface area (TPSA) is 38.8 Å². The Morgan fingerprint density at radius 2 is 2.04 bits per heavy atom. The number of hydrogen-bond acceptors (Lipinski definition) is 4. The smallest absolute Gasteiger partial charge is 0.223 e. The summed E-state index contributed by atoms with van der Waals surface area (Å²) in [6.45, 7) is 5.97. The van der Waals surface area contributed by atoms with E-state index in [4.69, 9.17) is 21.1 Å². The molecule has 1 aromatic carbocycles. The van der Waals surface area contributed by atoms with Crippen LogP contribution in [0, 0.1) is 0 Å². The Hall–Kier alpha value is -1.98. The molecule has 1 aliphatic heterocycles. The van der Waals surface area contributed by atoms with Crippen molar-refractivity contribution >= 4 is 28.8 Å². The zero-order chi connectivity index (χ0) is 17.6. The van der Waals surface area contributed by atoms with Crippen molar-refractivity contribution in [1.82, 2.24) is 4.90 Å². The Morgan fingerprint density at radius 1 is 1.24 bits per heavy atom. The lowest BCUT2D eigenvalue weighted by molar-refractivity contribution is -0.131. The van der Waals surface area contributed by atoms with Crippen molar-refractivity contribution in [1.29, 1.82) is 0 Å². The molecule has 1 aromatic heterocycles. The molecule has 4 nitrogen and oxygen atoms in total. The van der Waals surface area contributed by atoms with Crippen molar-refractivity contribution in [3.63, 3.8) is 0 Å². The molecule has 0 radical (unpaired) electrons. The van der Waals surface area contributed by atoms with Gasteiger partial charge < -0.3 is 14.4 Å². The Kier molecular flexibility index (Phi) is 6.00. The second kappa shape index (κ2) is 8.41. The van der Waals surface area contributed by atoms with Crippen LogP contribution in [0.2, 0.25) is 4.34 Å². The maximum absolute atomic E-state index is 12.6. The summed E-state index contributed by atoms with van der Waals surface area (Å²) in [6.07, 6.45) is 2.85. The van der Waals surface area contributed by atoms with E-state index in [0.29, 0.717) is 39.1 Å². The molecule has 132 valence electrons. The Bertz CT molecular complexity index is 759. The standard InChI is InChI=1S/C19H20ClNO3S/c1-2-9-21(13-15-5-7-18(20)25-15)19(22)8-4-14-3-6-16-17(12-14)24-11-10-23-16/h2-3,5-7,12H,1,4,8-11,13H2. The van der Waals surface area contributed by atoms with Crippen molar-refractivity contribution in [2.75, 3.05) is 19.8 Å². The van der Waals surface area contributed by atoms with Crippen molar-refractivity contribution < 1.29 is 14.3 Å². The van der Waals surface area contributed by atoms with Crippen molar-refractivity contribution in [3.05, 3.63) is 57.8 Å². The molecule has 0 saturated carbocycles. The van der Waals surface area contributed by atoms with Crippen LogP contribution < -0.4 is 9.47 Å². The van der Waals surface area contributed by atoms with Crippen LogP contribution in [0.25, 0.3) is 0 Å². The van der Waals surface area contributed by atoms with E-state index in [9.17, 15) is 4.79 Å². The number of ether oxygens (including phenoxy) is 2. The molecule has 0 spiro atoms. The van der Waals surface area contributed by atoms with Crippen molar-refractivity contribution in [2.24, 2.45) is 0 Å². The van der Waals surface area contributed by atoms with Gasteiger partial charge in [-0.2, -0.15) is 0 Å². The van der Waals surface area contributed by atoms with Gasteiger partial charge in [0, 0.05) is 17.8 Å². The maximum Gasteiger partial charge on any atom is 0.223 e. The molecule has 3 rings (SSSR count). The molecule has 0 aliphatic carbocycles. The summed E-state index contributed by atoms with van der Waals surface area (Å²) in [5.41, 5.74) is 1.07. The van der Waals surface area contributed by atoms with E-state index in [-0.39, 0.29) is 5.91 Å². The van der Waals surface area contributed by atoms with Gasteiger partial charge in [0.25, 0.3) is 0 Å².